The Labute approximate surface area is 139 Å². The fraction of sp³-hybridized carbons (Fsp3) is 0.0667. The summed E-state index contributed by atoms with van der Waals surface area (Å²) in [6, 6.07) is 13.7. The van der Waals surface area contributed by atoms with Crippen LogP contribution in [0.2, 0.25) is 0 Å². The maximum Gasteiger partial charge on any atom is 0.369 e. The van der Waals surface area contributed by atoms with Crippen LogP contribution in [-0.2, 0) is 6.54 Å². The molecule has 0 spiro atoms. The van der Waals surface area contributed by atoms with Gasteiger partial charge in [0.2, 0.25) is 0 Å². The van der Waals surface area contributed by atoms with Crippen LogP contribution in [0.15, 0.2) is 58.0 Å². The van der Waals surface area contributed by atoms with Crippen molar-refractivity contribution in [1.82, 2.24) is 24.8 Å². The average molecular weight is 341 g/mol. The third kappa shape index (κ3) is 2.73. The molecule has 0 N–H and O–H groups in total. The van der Waals surface area contributed by atoms with Crippen LogP contribution in [0.3, 0.4) is 0 Å². The van der Waals surface area contributed by atoms with Crippen molar-refractivity contribution in [2.75, 3.05) is 0 Å². The van der Waals surface area contributed by atoms with E-state index in [2.05, 4.69) is 15.4 Å². The van der Waals surface area contributed by atoms with Crippen molar-refractivity contribution in [3.8, 4) is 15.6 Å². The van der Waals surface area contributed by atoms with Crippen molar-refractivity contribution in [1.29, 1.82) is 0 Å². The lowest BCUT2D eigenvalue weighted by Crippen LogP contribution is -2.24. The third-order valence-corrected chi connectivity index (χ3v) is 5.02. The zero-order valence-corrected chi connectivity index (χ0v) is 13.5. The predicted octanol–water partition coefficient (Wildman–Crippen LogP) is 2.66. The van der Waals surface area contributed by atoms with E-state index in [4.69, 9.17) is 0 Å². The van der Waals surface area contributed by atoms with Gasteiger partial charge >= 0.3 is 5.69 Å². The molecule has 0 bridgehead atoms. The van der Waals surface area contributed by atoms with Crippen LogP contribution < -0.4 is 5.69 Å². The minimum absolute atomic E-state index is 0.262. The van der Waals surface area contributed by atoms with Crippen molar-refractivity contribution in [3.05, 3.63) is 69.4 Å². The van der Waals surface area contributed by atoms with Crippen LogP contribution in [0.25, 0.3) is 15.6 Å². The lowest BCUT2D eigenvalue weighted by molar-refractivity contribution is 0.624. The molecule has 8 heteroatoms. The van der Waals surface area contributed by atoms with Crippen molar-refractivity contribution in [3.63, 3.8) is 0 Å². The van der Waals surface area contributed by atoms with Gasteiger partial charge in [-0.1, -0.05) is 30.3 Å². The van der Waals surface area contributed by atoms with Crippen LogP contribution in [0.4, 0.5) is 0 Å². The lowest BCUT2D eigenvalue weighted by atomic mass is 10.2. The fourth-order valence-corrected chi connectivity index (χ4v) is 3.63. The van der Waals surface area contributed by atoms with Crippen molar-refractivity contribution in [2.45, 2.75) is 6.54 Å². The number of rotatable bonds is 4. The van der Waals surface area contributed by atoms with Gasteiger partial charge in [0.25, 0.3) is 0 Å². The Hall–Kier alpha value is -2.58. The molecule has 4 rings (SSSR count). The van der Waals surface area contributed by atoms with Gasteiger partial charge < -0.3 is 0 Å². The van der Waals surface area contributed by atoms with Gasteiger partial charge in [0.15, 0.2) is 0 Å². The number of nitrogens with zero attached hydrogens (tertiary/aromatic N) is 5. The first kappa shape index (κ1) is 14.0. The summed E-state index contributed by atoms with van der Waals surface area (Å²) < 4.78 is 2.62. The Morgan fingerprint density at radius 3 is 2.65 bits per heavy atom. The molecule has 6 nitrogen and oxygen atoms in total. The normalized spacial score (nSPS) is 11.0. The summed E-state index contributed by atoms with van der Waals surface area (Å²) in [6.07, 6.45) is 0. The number of aromatic nitrogens is 5. The fourth-order valence-electron chi connectivity index (χ4n) is 2.15. The molecule has 4 aromatic rings. The van der Waals surface area contributed by atoms with E-state index in [9.17, 15) is 4.79 Å². The molecule has 0 radical (unpaired) electrons. The molecular weight excluding hydrogens is 330 g/mol. The molecule has 3 heterocycles. The van der Waals surface area contributed by atoms with Crippen LogP contribution in [0, 0.1) is 0 Å². The molecule has 0 aliphatic carbocycles. The summed E-state index contributed by atoms with van der Waals surface area (Å²) in [4.78, 5) is 16.9. The van der Waals surface area contributed by atoms with Crippen LogP contribution in [-0.4, -0.2) is 24.8 Å². The second-order valence-electron chi connectivity index (χ2n) is 4.79. The molecule has 0 unspecified atom stereocenters. The summed E-state index contributed by atoms with van der Waals surface area (Å²) in [7, 11) is 0. The molecule has 0 saturated heterocycles. The number of hydrogen-bond acceptors (Lipinski definition) is 6. The van der Waals surface area contributed by atoms with Gasteiger partial charge in [0, 0.05) is 10.9 Å². The van der Waals surface area contributed by atoms with Gasteiger partial charge in [-0.05, 0) is 27.9 Å². The van der Waals surface area contributed by atoms with Crippen molar-refractivity contribution < 1.29 is 0 Å². The Kier molecular flexibility index (Phi) is 3.60. The van der Waals surface area contributed by atoms with Crippen molar-refractivity contribution in [2.24, 2.45) is 0 Å². The molecule has 23 heavy (non-hydrogen) atoms. The molecule has 3 aromatic heterocycles. The van der Waals surface area contributed by atoms with Gasteiger partial charge in [-0.25, -0.2) is 9.78 Å². The van der Waals surface area contributed by atoms with E-state index in [1.54, 1.807) is 11.3 Å². The van der Waals surface area contributed by atoms with Crippen LogP contribution >= 0.6 is 22.7 Å². The van der Waals surface area contributed by atoms with E-state index < -0.39 is 0 Å². The average Bonchev–Trinajstić information content (AvgIpc) is 3.31. The molecular formula is C15H11N5OS2. The summed E-state index contributed by atoms with van der Waals surface area (Å²) >= 11 is 3.00. The molecule has 0 amide bonds. The molecule has 0 aliphatic heterocycles. The summed E-state index contributed by atoms with van der Waals surface area (Å²) in [5.74, 6) is 0. The highest BCUT2D eigenvalue weighted by atomic mass is 32.1. The maximum atomic E-state index is 12.3. The number of thiazole rings is 1. The zero-order valence-electron chi connectivity index (χ0n) is 11.9. The highest BCUT2D eigenvalue weighted by molar-refractivity contribution is 7.13. The predicted molar refractivity (Wildman–Crippen MR) is 90.1 cm³/mol. The van der Waals surface area contributed by atoms with Crippen molar-refractivity contribution >= 4 is 22.7 Å². The first-order valence-electron chi connectivity index (χ1n) is 6.88. The Morgan fingerprint density at radius 1 is 1.00 bits per heavy atom. The largest absolute Gasteiger partial charge is 0.369 e. The first-order valence-corrected chi connectivity index (χ1v) is 8.64. The number of hydrogen-bond donors (Lipinski definition) is 0. The number of tetrazole rings is 1. The van der Waals surface area contributed by atoms with Gasteiger partial charge in [0.1, 0.15) is 10.0 Å². The molecule has 0 aliphatic rings. The van der Waals surface area contributed by atoms with Gasteiger partial charge in [-0.15, -0.1) is 22.7 Å². The second kappa shape index (κ2) is 5.90. The Balaban J connectivity index is 1.60. The molecule has 1 aromatic carbocycles. The SMILES string of the molecule is O=c1n(Cc2csc(-c3ccccc3)n2)nnn1-c1cccs1. The topological polar surface area (TPSA) is 65.6 Å². The summed E-state index contributed by atoms with van der Waals surface area (Å²) in [5, 5.41) is 13.4. The number of benzene rings is 1. The second-order valence-corrected chi connectivity index (χ2v) is 6.58. The highest BCUT2D eigenvalue weighted by Gasteiger charge is 2.12. The van der Waals surface area contributed by atoms with Crippen LogP contribution in [0.1, 0.15) is 5.69 Å². The standard InChI is InChI=1S/C15H11N5OS2/c21-15-19(17-18-20(15)13-7-4-8-22-13)9-12-10-23-14(16-12)11-5-2-1-3-6-11/h1-8,10H,9H2. The minimum Gasteiger partial charge on any atom is -0.244 e. The zero-order chi connectivity index (χ0) is 15.6. The Bertz CT molecular complexity index is 969. The molecule has 0 atom stereocenters. The van der Waals surface area contributed by atoms with E-state index >= 15 is 0 Å². The third-order valence-electron chi connectivity index (χ3n) is 3.24. The van der Waals surface area contributed by atoms with E-state index in [1.807, 2.05) is 53.2 Å². The minimum atomic E-state index is -0.262. The highest BCUT2D eigenvalue weighted by Crippen LogP contribution is 2.23. The molecule has 0 fully saturated rings. The van der Waals surface area contributed by atoms with Crippen LogP contribution in [0.5, 0.6) is 0 Å². The van der Waals surface area contributed by atoms with Gasteiger partial charge in [0.05, 0.1) is 12.2 Å². The maximum absolute atomic E-state index is 12.3. The molecule has 114 valence electrons. The van der Waals surface area contributed by atoms with E-state index in [0.717, 1.165) is 21.3 Å². The molecule has 0 saturated carbocycles. The first-order chi connectivity index (χ1) is 11.3. The summed E-state index contributed by atoms with van der Waals surface area (Å²) in [5.41, 5.74) is 1.61. The number of thiophene rings is 1. The summed E-state index contributed by atoms with van der Waals surface area (Å²) in [6.45, 7) is 0.313. The van der Waals surface area contributed by atoms with Gasteiger partial charge in [-0.3, -0.25) is 0 Å². The monoisotopic (exact) mass is 341 g/mol. The van der Waals surface area contributed by atoms with E-state index in [0.29, 0.717) is 6.54 Å². The van der Waals surface area contributed by atoms with Gasteiger partial charge in [-0.2, -0.15) is 9.36 Å². The quantitative estimate of drug-likeness (QED) is 0.572. The lowest BCUT2D eigenvalue weighted by Gasteiger charge is -1.95. The Morgan fingerprint density at radius 2 is 1.87 bits per heavy atom. The van der Waals surface area contributed by atoms with E-state index in [-0.39, 0.29) is 5.69 Å². The smallest absolute Gasteiger partial charge is 0.244 e. The van der Waals surface area contributed by atoms with E-state index in [1.165, 1.54) is 20.7 Å².